The number of fused-ring (bicyclic) bond motifs is 33. The highest BCUT2D eigenvalue weighted by atomic mass is 15.1. The van der Waals surface area contributed by atoms with Gasteiger partial charge < -0.3 is 4.57 Å². The third-order valence-corrected chi connectivity index (χ3v) is 23.0. The molecule has 0 bridgehead atoms. The van der Waals surface area contributed by atoms with Gasteiger partial charge in [0.2, 0.25) is 0 Å². The SMILES string of the molecule is c1ccc2c(c1)-c1ccccc1-c1ccc(-n3c4ccccc4c4cccnc43)cc1-c1ccccc1-2.c1ccc2c(c1)-c1ccccc1-c1ccc(-n3c4ccccc4c4ccncc43)cc1-c1ccccc1-2.c1ccc2c(c1)-c1ccccc1-c1cccc(-n3c4ccccc4c4cccnc43)c1-c1ccccc1-2. The minimum atomic E-state index is 0.977. The van der Waals surface area contributed by atoms with E-state index in [2.05, 4.69) is 383 Å². The van der Waals surface area contributed by atoms with Crippen LogP contribution in [-0.2, 0) is 0 Å². The van der Waals surface area contributed by atoms with Gasteiger partial charge in [0.15, 0.2) is 0 Å². The van der Waals surface area contributed by atoms with Crippen molar-refractivity contribution in [3.8, 4) is 151 Å². The molecule has 24 rings (SSSR count). The minimum Gasteiger partial charge on any atom is -0.308 e. The van der Waals surface area contributed by atoms with Gasteiger partial charge >= 0.3 is 0 Å². The summed E-state index contributed by atoms with van der Waals surface area (Å²) in [5.74, 6) is 0. The number of benzene rings is 15. The molecule has 6 nitrogen and oxygen atoms in total. The Balaban J connectivity index is 0.000000102. The summed E-state index contributed by atoms with van der Waals surface area (Å²) in [7, 11) is 0. The first kappa shape index (κ1) is 63.4. The predicted molar refractivity (Wildman–Crippen MR) is 462 cm³/mol. The Kier molecular flexibility index (Phi) is 14.9. The lowest BCUT2D eigenvalue weighted by atomic mass is 9.80. The third kappa shape index (κ3) is 10.1. The van der Waals surface area contributed by atoms with E-state index in [4.69, 9.17) is 9.97 Å². The lowest BCUT2D eigenvalue weighted by molar-refractivity contribution is 1.14. The Morgan fingerprint density at radius 3 is 0.865 bits per heavy atom. The standard InChI is InChI=1S/3C35H22N2/c1-2-12-24-23(11-1)25-13-3-4-14-27(25)30-18-9-21-33(34(30)29-17-6-5-15-26(24)29)37-32-20-8-7-16-28(32)31-19-10-22-36-35(31)37;1-2-11-25-24(10-1)26-12-3-4-14-28(26)30-20-19-23(22-33(30)29-15-6-5-13-27(25)29)37-34-18-8-7-16-31(34)32-17-9-21-36-35(32)37;1-2-10-25-24(9-1)26-11-3-4-13-28(26)30-18-17-23(21-33(30)29-14-6-5-12-27(25)29)37-34-16-8-7-15-31(34)32-19-20-36-22-35(32)37/h3*1-22H. The van der Waals surface area contributed by atoms with Crippen molar-refractivity contribution in [2.24, 2.45) is 0 Å². The Hall–Kier alpha value is -14.9. The molecule has 3 aliphatic carbocycles. The zero-order chi connectivity index (χ0) is 73.0. The average molecular weight is 1410 g/mol. The number of nitrogens with zero attached hydrogens (tertiary/aromatic N) is 6. The maximum absolute atomic E-state index is 4.88. The number of para-hydroxylation sites is 3. The highest BCUT2D eigenvalue weighted by Gasteiger charge is 2.29. The van der Waals surface area contributed by atoms with Gasteiger partial charge in [-0.05, 0) is 207 Å². The predicted octanol–water partition coefficient (Wildman–Crippen LogP) is 27.5. The van der Waals surface area contributed by atoms with E-state index in [0.29, 0.717) is 0 Å². The van der Waals surface area contributed by atoms with Gasteiger partial charge in [0.1, 0.15) is 11.3 Å². The van der Waals surface area contributed by atoms with E-state index >= 15 is 0 Å². The molecule has 0 amide bonds. The Morgan fingerprint density at radius 1 is 0.171 bits per heavy atom. The summed E-state index contributed by atoms with van der Waals surface area (Å²) in [5, 5.41) is 7.23. The monoisotopic (exact) mass is 1410 g/mol. The van der Waals surface area contributed by atoms with Crippen LogP contribution in [0, 0.1) is 0 Å². The van der Waals surface area contributed by atoms with E-state index in [1.807, 2.05) is 36.9 Å². The number of aromatic nitrogens is 6. The second-order valence-electron chi connectivity index (χ2n) is 28.8. The zero-order valence-corrected chi connectivity index (χ0v) is 60.3. The van der Waals surface area contributed by atoms with E-state index in [9.17, 15) is 0 Å². The van der Waals surface area contributed by atoms with Crippen LogP contribution in [0.15, 0.2) is 401 Å². The van der Waals surface area contributed by atoms with Crippen LogP contribution in [0.5, 0.6) is 0 Å². The molecule has 0 unspecified atom stereocenters. The second kappa shape index (κ2) is 26.0. The summed E-state index contributed by atoms with van der Waals surface area (Å²) in [6, 6.07) is 136. The fourth-order valence-corrected chi connectivity index (χ4v) is 18.2. The van der Waals surface area contributed by atoms with Gasteiger partial charge in [-0.15, -0.1) is 0 Å². The van der Waals surface area contributed by atoms with Crippen LogP contribution in [0.1, 0.15) is 0 Å². The summed E-state index contributed by atoms with van der Waals surface area (Å²) in [5.41, 5.74) is 40.1. The molecule has 0 radical (unpaired) electrons. The first-order valence-corrected chi connectivity index (χ1v) is 38.0. The van der Waals surface area contributed by atoms with Crippen molar-refractivity contribution in [3.05, 3.63) is 401 Å². The van der Waals surface area contributed by atoms with Gasteiger partial charge in [0.05, 0.1) is 34.0 Å². The maximum Gasteiger partial charge on any atom is 0.145 e. The van der Waals surface area contributed by atoms with Gasteiger partial charge in [-0.2, -0.15) is 0 Å². The van der Waals surface area contributed by atoms with Gasteiger partial charge in [0.25, 0.3) is 0 Å². The van der Waals surface area contributed by atoms with Crippen molar-refractivity contribution in [1.82, 2.24) is 28.7 Å². The number of hydrogen-bond donors (Lipinski definition) is 0. The van der Waals surface area contributed by atoms with Crippen LogP contribution in [0.4, 0.5) is 0 Å². The Labute approximate surface area is 641 Å². The van der Waals surface area contributed by atoms with Gasteiger partial charge in [-0.1, -0.05) is 297 Å². The number of hydrogen-bond acceptors (Lipinski definition) is 3. The van der Waals surface area contributed by atoms with Crippen molar-refractivity contribution in [1.29, 1.82) is 0 Å². The van der Waals surface area contributed by atoms with E-state index in [1.165, 1.54) is 177 Å². The molecule has 6 heteroatoms. The topological polar surface area (TPSA) is 53.5 Å². The molecule has 21 aromatic rings. The Morgan fingerprint density at radius 2 is 0.450 bits per heavy atom. The molecule has 0 N–H and O–H groups in total. The van der Waals surface area contributed by atoms with E-state index < -0.39 is 0 Å². The highest BCUT2D eigenvalue weighted by molar-refractivity contribution is 6.14. The Bertz CT molecular complexity index is 6820. The smallest absolute Gasteiger partial charge is 0.145 e. The fourth-order valence-electron chi connectivity index (χ4n) is 18.2. The molecular formula is C105H66N6. The van der Waals surface area contributed by atoms with Crippen molar-refractivity contribution in [2.45, 2.75) is 0 Å². The molecule has 0 fully saturated rings. The lowest BCUT2D eigenvalue weighted by Crippen LogP contribution is -2.03. The van der Waals surface area contributed by atoms with Gasteiger partial charge in [-0.25, -0.2) is 9.97 Å². The molecule has 0 saturated carbocycles. The molecule has 6 aromatic heterocycles. The summed E-state index contributed by atoms with van der Waals surface area (Å²) in [6.45, 7) is 0. The molecule has 0 aliphatic heterocycles. The van der Waals surface area contributed by atoms with Crippen LogP contribution < -0.4 is 0 Å². The third-order valence-electron chi connectivity index (χ3n) is 23.0. The summed E-state index contributed by atoms with van der Waals surface area (Å²) < 4.78 is 6.99. The average Bonchev–Trinajstić information content (AvgIpc) is 1.66. The van der Waals surface area contributed by atoms with Gasteiger partial charge in [0, 0.05) is 67.8 Å². The first-order chi connectivity index (χ1) is 55.2. The normalized spacial score (nSPS) is 11.8. The van der Waals surface area contributed by atoms with E-state index in [0.717, 1.165) is 39.4 Å². The number of rotatable bonds is 3. The molecular weight excluding hydrogens is 1350 g/mol. The largest absolute Gasteiger partial charge is 0.308 e. The van der Waals surface area contributed by atoms with Crippen molar-refractivity contribution in [2.75, 3.05) is 0 Å². The lowest BCUT2D eigenvalue weighted by Gasteiger charge is -2.25. The van der Waals surface area contributed by atoms with E-state index in [1.54, 1.807) is 0 Å². The maximum atomic E-state index is 4.88. The van der Waals surface area contributed by atoms with Crippen LogP contribution in [-0.4, -0.2) is 28.7 Å². The molecule has 0 spiro atoms. The van der Waals surface area contributed by atoms with Crippen molar-refractivity contribution in [3.63, 3.8) is 0 Å². The minimum absolute atomic E-state index is 0.977. The summed E-state index contributed by atoms with van der Waals surface area (Å²) in [6.07, 6.45) is 7.63. The van der Waals surface area contributed by atoms with Crippen LogP contribution in [0.25, 0.3) is 216 Å². The number of pyridine rings is 3. The van der Waals surface area contributed by atoms with Crippen LogP contribution >= 0.6 is 0 Å². The summed E-state index contributed by atoms with van der Waals surface area (Å²) in [4.78, 5) is 14.2. The molecule has 0 atom stereocenters. The molecule has 6 heterocycles. The molecule has 111 heavy (non-hydrogen) atoms. The summed E-state index contributed by atoms with van der Waals surface area (Å²) >= 11 is 0. The second-order valence-corrected chi connectivity index (χ2v) is 28.8. The van der Waals surface area contributed by atoms with Crippen molar-refractivity contribution < 1.29 is 0 Å². The van der Waals surface area contributed by atoms with Crippen LogP contribution in [0.3, 0.4) is 0 Å². The quantitative estimate of drug-likeness (QED) is 0.177. The molecule has 0 saturated heterocycles. The van der Waals surface area contributed by atoms with E-state index in [-0.39, 0.29) is 0 Å². The molecule has 516 valence electrons. The molecule has 3 aliphatic rings. The van der Waals surface area contributed by atoms with Crippen molar-refractivity contribution >= 4 is 65.7 Å². The fraction of sp³-hybridized carbons (Fsp3) is 0. The first-order valence-electron chi connectivity index (χ1n) is 38.0. The molecule has 15 aromatic carbocycles. The van der Waals surface area contributed by atoms with Gasteiger partial charge in [-0.3, -0.25) is 14.1 Å². The zero-order valence-electron chi connectivity index (χ0n) is 60.3. The highest BCUT2D eigenvalue weighted by Crippen LogP contribution is 2.54. The van der Waals surface area contributed by atoms with Crippen LogP contribution in [0.2, 0.25) is 0 Å².